The molecule has 0 spiro atoms. The number of carbonyl (C=O) groups is 4. The van der Waals surface area contributed by atoms with E-state index in [0.29, 0.717) is 22.0 Å². The number of anilines is 2. The van der Waals surface area contributed by atoms with Gasteiger partial charge in [-0.3, -0.25) is 34.2 Å². The number of hydrogen-bond acceptors (Lipinski definition) is 7. The first kappa shape index (κ1) is 19.6. The minimum Gasteiger partial charge on any atom is -0.324 e. The van der Waals surface area contributed by atoms with E-state index in [1.54, 1.807) is 18.2 Å². The number of nitrogens with one attached hydrogen (secondary N) is 2. The summed E-state index contributed by atoms with van der Waals surface area (Å²) in [5.41, 5.74) is 0.0148. The highest BCUT2D eigenvalue weighted by Gasteiger charge is 2.44. The van der Waals surface area contributed by atoms with Crippen molar-refractivity contribution in [1.29, 1.82) is 0 Å². The van der Waals surface area contributed by atoms with E-state index in [9.17, 15) is 29.3 Å². The maximum absolute atomic E-state index is 12.7. The fraction of sp³-hybridized carbons (Fsp3) is 0.158. The molecule has 11 heteroatoms. The summed E-state index contributed by atoms with van der Waals surface area (Å²) >= 11 is 1.37. The number of nitro benzene ring substituents is 1. The summed E-state index contributed by atoms with van der Waals surface area (Å²) in [4.78, 5) is 61.7. The Labute approximate surface area is 173 Å². The quantitative estimate of drug-likeness (QED) is 0.434. The molecule has 30 heavy (non-hydrogen) atoms. The lowest BCUT2D eigenvalue weighted by Crippen LogP contribution is -2.45. The fourth-order valence-corrected chi connectivity index (χ4v) is 4.10. The van der Waals surface area contributed by atoms with E-state index in [4.69, 9.17) is 0 Å². The first-order valence-corrected chi connectivity index (χ1v) is 9.79. The minimum absolute atomic E-state index is 0.109. The molecule has 2 aliphatic heterocycles. The van der Waals surface area contributed by atoms with Gasteiger partial charge in [0.2, 0.25) is 11.8 Å². The van der Waals surface area contributed by atoms with Crippen molar-refractivity contribution in [1.82, 2.24) is 4.90 Å². The number of nitrogens with zero attached hydrogens (tertiary/aromatic N) is 2. The maximum Gasteiger partial charge on any atom is 0.282 e. The van der Waals surface area contributed by atoms with Gasteiger partial charge in [-0.1, -0.05) is 6.07 Å². The number of nitro groups is 1. The Morgan fingerprint density at radius 3 is 2.73 bits per heavy atom. The van der Waals surface area contributed by atoms with Crippen LogP contribution in [0, 0.1) is 10.1 Å². The third-order valence-electron chi connectivity index (χ3n) is 4.77. The van der Waals surface area contributed by atoms with Crippen LogP contribution in [-0.4, -0.2) is 45.2 Å². The number of fused-ring (bicyclic) bond motifs is 2. The average Bonchev–Trinajstić information content (AvgIpc) is 2.97. The summed E-state index contributed by atoms with van der Waals surface area (Å²) in [6.07, 6.45) is 0. The molecule has 1 atom stereocenters. The molecule has 4 rings (SSSR count). The van der Waals surface area contributed by atoms with Crippen LogP contribution in [0.2, 0.25) is 0 Å². The molecule has 0 saturated heterocycles. The molecule has 0 aliphatic carbocycles. The van der Waals surface area contributed by atoms with Crippen LogP contribution >= 0.6 is 11.8 Å². The summed E-state index contributed by atoms with van der Waals surface area (Å²) < 4.78 is 0. The molecule has 2 aromatic carbocycles. The van der Waals surface area contributed by atoms with Crippen molar-refractivity contribution in [2.24, 2.45) is 0 Å². The van der Waals surface area contributed by atoms with Crippen molar-refractivity contribution in [2.75, 3.05) is 16.4 Å². The number of carbonyl (C=O) groups excluding carboxylic acids is 4. The van der Waals surface area contributed by atoms with E-state index >= 15 is 0 Å². The zero-order valence-electron chi connectivity index (χ0n) is 15.5. The second kappa shape index (κ2) is 7.26. The van der Waals surface area contributed by atoms with Gasteiger partial charge in [0.1, 0.15) is 11.6 Å². The smallest absolute Gasteiger partial charge is 0.282 e. The second-order valence-electron chi connectivity index (χ2n) is 6.65. The van der Waals surface area contributed by atoms with Crippen molar-refractivity contribution in [3.05, 3.63) is 57.6 Å². The third-order valence-corrected chi connectivity index (χ3v) is 5.84. The highest BCUT2D eigenvalue weighted by Crippen LogP contribution is 2.34. The Hall–Kier alpha value is -3.73. The van der Waals surface area contributed by atoms with E-state index in [1.165, 1.54) is 30.8 Å². The van der Waals surface area contributed by atoms with Crippen LogP contribution in [-0.2, 0) is 9.59 Å². The van der Waals surface area contributed by atoms with Gasteiger partial charge in [0.15, 0.2) is 0 Å². The molecule has 0 radical (unpaired) electrons. The molecule has 0 fully saturated rings. The zero-order valence-corrected chi connectivity index (χ0v) is 16.3. The van der Waals surface area contributed by atoms with E-state index < -0.39 is 34.4 Å². The Morgan fingerprint density at radius 1 is 1.23 bits per heavy atom. The van der Waals surface area contributed by atoms with Crippen molar-refractivity contribution >= 4 is 52.5 Å². The van der Waals surface area contributed by atoms with Gasteiger partial charge in [-0.2, -0.15) is 0 Å². The lowest BCUT2D eigenvalue weighted by atomic mass is 10.1. The first-order valence-electron chi connectivity index (χ1n) is 8.81. The molecule has 152 valence electrons. The number of rotatable bonds is 4. The first-order chi connectivity index (χ1) is 14.3. The van der Waals surface area contributed by atoms with E-state index in [1.807, 2.05) is 0 Å². The van der Waals surface area contributed by atoms with E-state index in [-0.39, 0.29) is 17.0 Å². The van der Waals surface area contributed by atoms with Crippen molar-refractivity contribution < 1.29 is 24.1 Å². The van der Waals surface area contributed by atoms with Gasteiger partial charge in [-0.15, -0.1) is 11.8 Å². The Balaban J connectivity index is 1.56. The van der Waals surface area contributed by atoms with E-state index in [0.717, 1.165) is 11.0 Å². The summed E-state index contributed by atoms with van der Waals surface area (Å²) in [5, 5.41) is 16.5. The summed E-state index contributed by atoms with van der Waals surface area (Å²) in [5.74, 6) is -2.16. The van der Waals surface area contributed by atoms with Crippen LogP contribution in [0.5, 0.6) is 0 Å². The molecule has 0 saturated carbocycles. The molecule has 4 amide bonds. The summed E-state index contributed by atoms with van der Waals surface area (Å²) in [6.45, 7) is 1.36. The molecule has 10 nitrogen and oxygen atoms in total. The van der Waals surface area contributed by atoms with Crippen LogP contribution in [0.3, 0.4) is 0 Å². The average molecular weight is 426 g/mol. The third kappa shape index (κ3) is 3.18. The molecule has 2 heterocycles. The van der Waals surface area contributed by atoms with Gasteiger partial charge in [0, 0.05) is 16.6 Å². The monoisotopic (exact) mass is 426 g/mol. The van der Waals surface area contributed by atoms with Crippen molar-refractivity contribution in [3.63, 3.8) is 0 Å². The highest BCUT2D eigenvalue weighted by atomic mass is 32.2. The normalized spacial score (nSPS) is 15.9. The molecule has 0 bridgehead atoms. The summed E-state index contributed by atoms with van der Waals surface area (Å²) in [7, 11) is 0. The van der Waals surface area contributed by atoms with Crippen LogP contribution in [0.25, 0.3) is 0 Å². The second-order valence-corrected chi connectivity index (χ2v) is 7.67. The highest BCUT2D eigenvalue weighted by molar-refractivity contribution is 8.00. The number of benzene rings is 2. The van der Waals surface area contributed by atoms with Gasteiger partial charge < -0.3 is 10.6 Å². The maximum atomic E-state index is 12.7. The topological polar surface area (TPSA) is 139 Å². The predicted octanol–water partition coefficient (Wildman–Crippen LogP) is 2.26. The van der Waals surface area contributed by atoms with Crippen LogP contribution < -0.4 is 10.6 Å². The van der Waals surface area contributed by atoms with Gasteiger partial charge in [-0.25, -0.2) is 0 Å². The van der Waals surface area contributed by atoms with Gasteiger partial charge in [0.05, 0.1) is 21.9 Å². The largest absolute Gasteiger partial charge is 0.324 e. The van der Waals surface area contributed by atoms with Gasteiger partial charge in [-0.05, 0) is 31.2 Å². The molecule has 0 unspecified atom stereocenters. The minimum atomic E-state index is -1.21. The fourth-order valence-electron chi connectivity index (χ4n) is 3.31. The van der Waals surface area contributed by atoms with Crippen molar-refractivity contribution in [3.8, 4) is 0 Å². The molecule has 2 aromatic rings. The van der Waals surface area contributed by atoms with Crippen LogP contribution in [0.15, 0.2) is 41.3 Å². The summed E-state index contributed by atoms with van der Waals surface area (Å²) in [6, 6.07) is 7.52. The number of imide groups is 1. The molecule has 2 N–H and O–H groups in total. The van der Waals surface area contributed by atoms with E-state index in [2.05, 4.69) is 10.6 Å². The molecule has 0 aromatic heterocycles. The lowest BCUT2D eigenvalue weighted by molar-refractivity contribution is -0.385. The Kier molecular flexibility index (Phi) is 4.74. The Morgan fingerprint density at radius 2 is 2.00 bits per heavy atom. The lowest BCUT2D eigenvalue weighted by Gasteiger charge is -2.22. The number of hydrogen-bond donors (Lipinski definition) is 2. The van der Waals surface area contributed by atoms with Gasteiger partial charge in [0.25, 0.3) is 17.5 Å². The van der Waals surface area contributed by atoms with Crippen LogP contribution in [0.4, 0.5) is 17.1 Å². The van der Waals surface area contributed by atoms with Crippen molar-refractivity contribution in [2.45, 2.75) is 17.9 Å². The molecular weight excluding hydrogens is 412 g/mol. The molecule has 2 aliphatic rings. The number of thioether (sulfide) groups is 1. The SMILES string of the molecule is C[C@@H](C(=O)Nc1ccc2c(c1)NC(=O)CS2)N1C(=O)c2cccc([N+](=O)[O-])c2C1=O. The van der Waals surface area contributed by atoms with Crippen LogP contribution in [0.1, 0.15) is 27.6 Å². The van der Waals surface area contributed by atoms with Gasteiger partial charge >= 0.3 is 0 Å². The zero-order chi connectivity index (χ0) is 21.6. The standard InChI is InChI=1S/C19H14N4O6S/c1-9(17(25)20-10-5-6-14-12(7-10)21-15(24)8-30-14)22-18(26)11-3-2-4-13(23(28)29)16(11)19(22)27/h2-7,9H,8H2,1H3,(H,20,25)(H,21,24)/t9-/m0/s1. The molecular formula is C19H14N4O6S. The predicted molar refractivity (Wildman–Crippen MR) is 107 cm³/mol. The Bertz CT molecular complexity index is 1150. The number of amides is 4.